The number of halogens is 2. The Bertz CT molecular complexity index is 557. The zero-order valence-electron chi connectivity index (χ0n) is 8.91. The van der Waals surface area contributed by atoms with E-state index in [0.29, 0.717) is 22.1 Å². The quantitative estimate of drug-likeness (QED) is 0.867. The molecule has 0 saturated heterocycles. The van der Waals surface area contributed by atoms with Gasteiger partial charge in [0.25, 0.3) is 0 Å². The van der Waals surface area contributed by atoms with Crippen LogP contribution >= 0.6 is 23.2 Å². The van der Waals surface area contributed by atoms with E-state index in [-0.39, 0.29) is 12.3 Å². The first kappa shape index (κ1) is 12.1. The first-order valence-electron chi connectivity index (χ1n) is 5.11. The van der Waals surface area contributed by atoms with Crippen molar-refractivity contribution in [3.8, 4) is 0 Å². The van der Waals surface area contributed by atoms with Crippen LogP contribution in [0.5, 0.6) is 0 Å². The van der Waals surface area contributed by atoms with Gasteiger partial charge in [-0.3, -0.25) is 9.78 Å². The highest BCUT2D eigenvalue weighted by Crippen LogP contribution is 2.27. The van der Waals surface area contributed by atoms with Crippen molar-refractivity contribution in [3.05, 3.63) is 35.5 Å². The van der Waals surface area contributed by atoms with Crippen LogP contribution in [-0.2, 0) is 4.79 Å². The molecule has 1 N–H and O–H groups in total. The minimum absolute atomic E-state index is 0.118. The minimum atomic E-state index is -0.118. The highest BCUT2D eigenvalue weighted by atomic mass is 35.5. The lowest BCUT2D eigenvalue weighted by Gasteiger charge is -2.08. The average molecular weight is 269 g/mol. The number of carbonyl (C=O) groups is 1. The van der Waals surface area contributed by atoms with Crippen LogP contribution in [0.2, 0.25) is 5.02 Å². The Labute approximate surface area is 109 Å². The Hall–Kier alpha value is -1.32. The van der Waals surface area contributed by atoms with Gasteiger partial charge < -0.3 is 5.32 Å². The monoisotopic (exact) mass is 268 g/mol. The van der Waals surface area contributed by atoms with Crippen LogP contribution in [0.15, 0.2) is 30.5 Å². The van der Waals surface area contributed by atoms with Crippen LogP contribution in [0.3, 0.4) is 0 Å². The van der Waals surface area contributed by atoms with Gasteiger partial charge in [0.1, 0.15) is 0 Å². The molecule has 2 rings (SSSR count). The molecule has 2 aromatic rings. The van der Waals surface area contributed by atoms with Crippen molar-refractivity contribution in [1.29, 1.82) is 0 Å². The van der Waals surface area contributed by atoms with E-state index < -0.39 is 0 Å². The fourth-order valence-corrected chi connectivity index (χ4v) is 1.93. The van der Waals surface area contributed by atoms with Crippen LogP contribution in [-0.4, -0.2) is 16.8 Å². The summed E-state index contributed by atoms with van der Waals surface area (Å²) in [7, 11) is 0. The summed E-state index contributed by atoms with van der Waals surface area (Å²) in [5.41, 5.74) is 1.38. The van der Waals surface area contributed by atoms with Crippen LogP contribution < -0.4 is 5.32 Å². The van der Waals surface area contributed by atoms with E-state index in [1.807, 2.05) is 6.07 Å². The molecule has 0 saturated carbocycles. The van der Waals surface area contributed by atoms with E-state index in [1.54, 1.807) is 24.4 Å². The summed E-state index contributed by atoms with van der Waals surface area (Å²) in [5, 5.41) is 4.18. The molecule has 1 aromatic heterocycles. The van der Waals surface area contributed by atoms with E-state index in [2.05, 4.69) is 10.3 Å². The first-order valence-corrected chi connectivity index (χ1v) is 6.02. The van der Waals surface area contributed by atoms with Crippen molar-refractivity contribution in [2.45, 2.75) is 6.42 Å². The molecule has 0 bridgehead atoms. The number of hydrogen-bond donors (Lipinski definition) is 1. The lowest BCUT2D eigenvalue weighted by atomic mass is 10.2. The summed E-state index contributed by atoms with van der Waals surface area (Å²) in [6.45, 7) is 0. The smallest absolute Gasteiger partial charge is 0.225 e. The van der Waals surface area contributed by atoms with Crippen molar-refractivity contribution in [2.24, 2.45) is 0 Å². The van der Waals surface area contributed by atoms with Crippen molar-refractivity contribution in [3.63, 3.8) is 0 Å². The molecule has 88 valence electrons. The first-order chi connectivity index (χ1) is 8.22. The van der Waals surface area contributed by atoms with Crippen LogP contribution in [0.25, 0.3) is 10.9 Å². The third kappa shape index (κ3) is 2.68. The molecule has 0 fully saturated rings. The van der Waals surface area contributed by atoms with Crippen LogP contribution in [0.1, 0.15) is 6.42 Å². The van der Waals surface area contributed by atoms with E-state index in [4.69, 9.17) is 23.2 Å². The van der Waals surface area contributed by atoms with E-state index in [0.717, 1.165) is 5.39 Å². The number of hydrogen-bond acceptors (Lipinski definition) is 2. The van der Waals surface area contributed by atoms with Gasteiger partial charge in [-0.15, -0.1) is 11.6 Å². The predicted octanol–water partition coefficient (Wildman–Crippen LogP) is 3.46. The molecular formula is C12H10Cl2N2O. The topological polar surface area (TPSA) is 42.0 Å². The summed E-state index contributed by atoms with van der Waals surface area (Å²) < 4.78 is 0. The third-order valence-electron chi connectivity index (χ3n) is 2.32. The summed E-state index contributed by atoms with van der Waals surface area (Å²) in [6, 6.07) is 7.14. The van der Waals surface area contributed by atoms with E-state index >= 15 is 0 Å². The summed E-state index contributed by atoms with van der Waals surface area (Å²) >= 11 is 11.5. The normalized spacial score (nSPS) is 10.5. The van der Waals surface area contributed by atoms with Gasteiger partial charge in [-0.2, -0.15) is 0 Å². The number of pyridine rings is 1. The SMILES string of the molecule is O=C(CCCl)Nc1ccc(Cl)c2ncccc12. The molecule has 0 unspecified atom stereocenters. The second-order valence-corrected chi connectivity index (χ2v) is 4.27. The molecule has 5 heteroatoms. The molecule has 1 aromatic carbocycles. The Morgan fingerprint density at radius 2 is 2.18 bits per heavy atom. The number of nitrogens with zero attached hydrogens (tertiary/aromatic N) is 1. The molecule has 17 heavy (non-hydrogen) atoms. The van der Waals surface area contributed by atoms with Gasteiger partial charge >= 0.3 is 0 Å². The van der Waals surface area contributed by atoms with Gasteiger partial charge in [-0.1, -0.05) is 11.6 Å². The highest BCUT2D eigenvalue weighted by molar-refractivity contribution is 6.35. The number of nitrogens with one attached hydrogen (secondary N) is 1. The fourth-order valence-electron chi connectivity index (χ4n) is 1.55. The molecule has 3 nitrogen and oxygen atoms in total. The van der Waals surface area contributed by atoms with Crippen LogP contribution in [0.4, 0.5) is 5.69 Å². The molecule has 1 amide bonds. The zero-order valence-corrected chi connectivity index (χ0v) is 10.4. The van der Waals surface area contributed by atoms with E-state index in [9.17, 15) is 4.79 Å². The standard InChI is InChI=1S/C12H10Cl2N2O/c13-6-5-11(17)16-10-4-3-9(14)12-8(10)2-1-7-15-12/h1-4,7H,5-6H2,(H,16,17). The van der Waals surface area contributed by atoms with Crippen LogP contribution in [0, 0.1) is 0 Å². The van der Waals surface area contributed by atoms with Gasteiger partial charge in [0, 0.05) is 23.9 Å². The number of carbonyl (C=O) groups excluding carboxylic acids is 1. The Morgan fingerprint density at radius 3 is 2.94 bits per heavy atom. The van der Waals surface area contributed by atoms with Crippen molar-refractivity contribution in [2.75, 3.05) is 11.2 Å². The Balaban J connectivity index is 2.41. The van der Waals surface area contributed by atoms with Crippen molar-refractivity contribution in [1.82, 2.24) is 4.98 Å². The molecule has 0 atom stereocenters. The number of alkyl halides is 1. The molecule has 0 aliphatic rings. The number of aromatic nitrogens is 1. The maximum absolute atomic E-state index is 11.5. The molecule has 0 aliphatic carbocycles. The number of benzene rings is 1. The van der Waals surface area contributed by atoms with Gasteiger partial charge in [-0.05, 0) is 24.3 Å². The number of fused-ring (bicyclic) bond motifs is 1. The maximum atomic E-state index is 11.5. The third-order valence-corrected chi connectivity index (χ3v) is 2.81. The molecular weight excluding hydrogens is 259 g/mol. The molecule has 0 spiro atoms. The van der Waals surface area contributed by atoms with Gasteiger partial charge in [-0.25, -0.2) is 0 Å². The second-order valence-electron chi connectivity index (χ2n) is 3.48. The Morgan fingerprint density at radius 1 is 1.35 bits per heavy atom. The lowest BCUT2D eigenvalue weighted by molar-refractivity contribution is -0.115. The summed E-state index contributed by atoms with van der Waals surface area (Å²) in [4.78, 5) is 15.7. The van der Waals surface area contributed by atoms with Crippen molar-refractivity contribution < 1.29 is 4.79 Å². The fraction of sp³-hybridized carbons (Fsp3) is 0.167. The highest BCUT2D eigenvalue weighted by Gasteiger charge is 2.07. The average Bonchev–Trinajstić information content (AvgIpc) is 2.34. The largest absolute Gasteiger partial charge is 0.325 e. The maximum Gasteiger partial charge on any atom is 0.225 e. The van der Waals surface area contributed by atoms with E-state index in [1.165, 1.54) is 0 Å². The Kier molecular flexibility index (Phi) is 3.82. The van der Waals surface area contributed by atoms with Gasteiger partial charge in [0.2, 0.25) is 5.91 Å². The number of anilines is 1. The second kappa shape index (κ2) is 5.34. The number of rotatable bonds is 3. The summed E-state index contributed by atoms with van der Waals surface area (Å²) in [6.07, 6.45) is 1.95. The molecule has 0 aliphatic heterocycles. The lowest BCUT2D eigenvalue weighted by Crippen LogP contribution is -2.12. The van der Waals surface area contributed by atoms with Gasteiger partial charge in [0.15, 0.2) is 0 Å². The van der Waals surface area contributed by atoms with Crippen molar-refractivity contribution >= 4 is 45.7 Å². The predicted molar refractivity (Wildman–Crippen MR) is 70.7 cm³/mol. The zero-order chi connectivity index (χ0) is 12.3. The number of amides is 1. The molecule has 0 radical (unpaired) electrons. The summed E-state index contributed by atoms with van der Waals surface area (Å²) in [5.74, 6) is 0.183. The molecule has 1 heterocycles. The van der Waals surface area contributed by atoms with Gasteiger partial charge in [0.05, 0.1) is 16.2 Å². The minimum Gasteiger partial charge on any atom is -0.325 e.